The zero-order chi connectivity index (χ0) is 21.6. The van der Waals surface area contributed by atoms with Gasteiger partial charge in [-0.2, -0.15) is 0 Å². The molecule has 4 heteroatoms. The summed E-state index contributed by atoms with van der Waals surface area (Å²) in [5.41, 5.74) is 0.635. The molecule has 0 unspecified atom stereocenters. The van der Waals surface area contributed by atoms with E-state index in [0.29, 0.717) is 0 Å². The largest absolute Gasteiger partial charge is 0.339 e. The summed E-state index contributed by atoms with van der Waals surface area (Å²) in [7, 11) is 2.09. The molecule has 0 saturated carbocycles. The Bertz CT molecular complexity index is 954. The first-order valence-corrected chi connectivity index (χ1v) is 10.7. The third-order valence-corrected chi connectivity index (χ3v) is 5.74. The first-order valence-electron chi connectivity index (χ1n) is 10.7. The van der Waals surface area contributed by atoms with E-state index < -0.39 is 5.41 Å². The van der Waals surface area contributed by atoms with Crippen molar-refractivity contribution in [2.75, 3.05) is 39.8 Å². The Kier molecular flexibility index (Phi) is 7.31. The minimum Gasteiger partial charge on any atom is -0.339 e. The molecule has 4 nitrogen and oxygen atoms in total. The van der Waals surface area contributed by atoms with Crippen molar-refractivity contribution in [2.24, 2.45) is 5.41 Å². The second kappa shape index (κ2) is 9.93. The third-order valence-electron chi connectivity index (χ3n) is 5.74. The maximum Gasteiger partial charge on any atom is 0.240 e. The van der Waals surface area contributed by atoms with E-state index in [4.69, 9.17) is 0 Å². The molecule has 158 valence electrons. The van der Waals surface area contributed by atoms with E-state index in [1.165, 1.54) is 16.3 Å². The van der Waals surface area contributed by atoms with Crippen molar-refractivity contribution in [2.45, 2.75) is 26.8 Å². The topological polar surface area (TPSA) is 35.6 Å². The Morgan fingerprint density at radius 1 is 1.13 bits per heavy atom. The number of likely N-dealkylation sites (N-methyl/N-ethyl adjacent to an activating group) is 1. The van der Waals surface area contributed by atoms with Gasteiger partial charge < -0.3 is 15.1 Å². The van der Waals surface area contributed by atoms with Crippen LogP contribution >= 0.6 is 0 Å². The van der Waals surface area contributed by atoms with Gasteiger partial charge in [0.05, 0.1) is 0 Å². The maximum atomic E-state index is 12.8. The molecule has 1 saturated heterocycles. The lowest BCUT2D eigenvalue weighted by Crippen LogP contribution is -2.50. The van der Waals surface area contributed by atoms with Crippen LogP contribution in [0.5, 0.6) is 0 Å². The lowest BCUT2D eigenvalue weighted by atomic mass is 9.92. The minimum absolute atomic E-state index is 0.124. The molecule has 0 bridgehead atoms. The highest BCUT2D eigenvalue weighted by Crippen LogP contribution is 2.24. The number of fused-ring (bicyclic) bond motifs is 1. The van der Waals surface area contributed by atoms with Crippen molar-refractivity contribution in [3.05, 3.63) is 60.2 Å². The van der Waals surface area contributed by atoms with E-state index in [-0.39, 0.29) is 11.9 Å². The summed E-state index contributed by atoms with van der Waals surface area (Å²) in [6.07, 6.45) is 3.87. The second-order valence-electron chi connectivity index (χ2n) is 8.59. The number of benzene rings is 2. The number of rotatable bonds is 5. The van der Waals surface area contributed by atoms with E-state index in [9.17, 15) is 4.79 Å². The molecule has 2 aromatic carbocycles. The van der Waals surface area contributed by atoms with Crippen LogP contribution in [0, 0.1) is 17.3 Å². The highest BCUT2D eigenvalue weighted by atomic mass is 16.2. The van der Waals surface area contributed by atoms with Gasteiger partial charge in [-0.15, -0.1) is 0 Å². The molecule has 1 fully saturated rings. The predicted molar refractivity (Wildman–Crippen MR) is 125 cm³/mol. The lowest BCUT2D eigenvalue weighted by Gasteiger charge is -2.35. The average molecular weight is 404 g/mol. The summed E-state index contributed by atoms with van der Waals surface area (Å²) in [4.78, 5) is 17.0. The van der Waals surface area contributed by atoms with Crippen LogP contribution in [0.25, 0.3) is 10.8 Å². The molecule has 1 aliphatic rings. The summed E-state index contributed by atoms with van der Waals surface area (Å²) in [5.74, 6) is 6.34. The monoisotopic (exact) mass is 403 g/mol. The molecule has 1 aliphatic heterocycles. The molecule has 1 amide bonds. The number of hydrogen-bond acceptors (Lipinski definition) is 3. The van der Waals surface area contributed by atoms with Crippen LogP contribution in [0.2, 0.25) is 0 Å². The number of nitrogens with one attached hydrogen (secondary N) is 1. The first kappa shape index (κ1) is 22.1. The summed E-state index contributed by atoms with van der Waals surface area (Å²) >= 11 is 0. The first-order chi connectivity index (χ1) is 14.4. The van der Waals surface area contributed by atoms with Crippen LogP contribution in [-0.4, -0.2) is 55.5 Å². The van der Waals surface area contributed by atoms with E-state index >= 15 is 0 Å². The van der Waals surface area contributed by atoms with Crippen LogP contribution in [-0.2, 0) is 4.79 Å². The summed E-state index contributed by atoms with van der Waals surface area (Å²) in [6, 6.07) is 15.1. The lowest BCUT2D eigenvalue weighted by molar-refractivity contribution is -0.139. The van der Waals surface area contributed by atoms with Crippen LogP contribution in [0.3, 0.4) is 0 Å². The van der Waals surface area contributed by atoms with Crippen molar-refractivity contribution >= 4 is 16.7 Å². The number of piperazine rings is 1. The Hall–Kier alpha value is -2.61. The van der Waals surface area contributed by atoms with Gasteiger partial charge in [-0.05, 0) is 50.2 Å². The van der Waals surface area contributed by atoms with E-state index in [1.54, 1.807) is 0 Å². The molecule has 3 rings (SSSR count). The van der Waals surface area contributed by atoms with Gasteiger partial charge in [-0.25, -0.2) is 0 Å². The van der Waals surface area contributed by atoms with Gasteiger partial charge in [0.2, 0.25) is 5.91 Å². The number of hydrogen-bond donors (Lipinski definition) is 1. The highest BCUT2D eigenvalue weighted by Gasteiger charge is 2.31. The summed E-state index contributed by atoms with van der Waals surface area (Å²) in [6.45, 7) is 10.2. The smallest absolute Gasteiger partial charge is 0.240 e. The number of allylic oxidation sites excluding steroid dienone is 1. The molecular weight excluding hydrogens is 370 g/mol. The van der Waals surface area contributed by atoms with E-state index in [0.717, 1.165) is 32.7 Å². The normalized spacial score (nSPS) is 16.5. The van der Waals surface area contributed by atoms with Crippen molar-refractivity contribution in [1.29, 1.82) is 0 Å². The van der Waals surface area contributed by atoms with Gasteiger partial charge in [0, 0.05) is 38.8 Å². The third kappa shape index (κ3) is 5.50. The van der Waals surface area contributed by atoms with Gasteiger partial charge in [0.1, 0.15) is 5.41 Å². The van der Waals surface area contributed by atoms with Crippen LogP contribution in [0.15, 0.2) is 54.6 Å². The molecule has 0 radical (unpaired) electrons. The summed E-state index contributed by atoms with van der Waals surface area (Å²) < 4.78 is 0. The SMILES string of the molecule is C[C@@H](NC/C=C/C#CC(C)(C)C(=O)N1CCN(C)CC1)c1cccc2ccccc12. The Morgan fingerprint density at radius 3 is 2.60 bits per heavy atom. The fourth-order valence-electron chi connectivity index (χ4n) is 3.78. The minimum atomic E-state index is -0.663. The fraction of sp³-hybridized carbons (Fsp3) is 0.423. The Balaban J connectivity index is 1.52. The zero-order valence-electron chi connectivity index (χ0n) is 18.6. The second-order valence-corrected chi connectivity index (χ2v) is 8.59. The van der Waals surface area contributed by atoms with Crippen LogP contribution in [0.1, 0.15) is 32.4 Å². The van der Waals surface area contributed by atoms with Crippen molar-refractivity contribution in [3.8, 4) is 11.8 Å². The molecule has 30 heavy (non-hydrogen) atoms. The number of carbonyl (C=O) groups is 1. The van der Waals surface area contributed by atoms with Gasteiger partial charge in [-0.1, -0.05) is 60.4 Å². The van der Waals surface area contributed by atoms with Crippen LogP contribution < -0.4 is 5.32 Å². The standard InChI is InChI=1S/C26H33N3O/c1-21(23-14-10-12-22-11-6-7-13-24(22)23)27-16-9-5-8-15-26(2,3)25(30)29-19-17-28(4)18-20-29/h5-7,9-14,21,27H,16-20H2,1-4H3/b9-5+/t21-/m1/s1. The van der Waals surface area contributed by atoms with Gasteiger partial charge >= 0.3 is 0 Å². The van der Waals surface area contributed by atoms with E-state index in [2.05, 4.69) is 78.5 Å². The zero-order valence-corrected chi connectivity index (χ0v) is 18.6. The molecule has 1 atom stereocenters. The predicted octanol–water partition coefficient (Wildman–Crippen LogP) is 3.85. The number of nitrogens with zero attached hydrogens (tertiary/aromatic N) is 2. The molecular formula is C26H33N3O. The van der Waals surface area contributed by atoms with Gasteiger partial charge in [-0.3, -0.25) is 4.79 Å². The van der Waals surface area contributed by atoms with Crippen molar-refractivity contribution in [3.63, 3.8) is 0 Å². The van der Waals surface area contributed by atoms with Gasteiger partial charge in [0.15, 0.2) is 0 Å². The maximum absolute atomic E-state index is 12.8. The molecule has 1 heterocycles. The van der Waals surface area contributed by atoms with E-state index in [1.807, 2.05) is 30.9 Å². The quantitative estimate of drug-likeness (QED) is 0.771. The van der Waals surface area contributed by atoms with Crippen LogP contribution in [0.4, 0.5) is 0 Å². The fourth-order valence-corrected chi connectivity index (χ4v) is 3.78. The Labute approximate surface area is 180 Å². The van der Waals surface area contributed by atoms with Crippen molar-refractivity contribution in [1.82, 2.24) is 15.1 Å². The molecule has 1 N–H and O–H groups in total. The van der Waals surface area contributed by atoms with Crippen molar-refractivity contribution < 1.29 is 4.79 Å². The molecule has 0 aromatic heterocycles. The number of carbonyl (C=O) groups excluding carboxylic acids is 1. The molecule has 2 aromatic rings. The van der Waals surface area contributed by atoms with Gasteiger partial charge in [0.25, 0.3) is 0 Å². The summed E-state index contributed by atoms with van der Waals surface area (Å²) in [5, 5.41) is 6.08. The molecule has 0 spiro atoms. The Morgan fingerprint density at radius 2 is 1.83 bits per heavy atom. The average Bonchev–Trinajstić information content (AvgIpc) is 2.75. The molecule has 0 aliphatic carbocycles. The number of amides is 1. The highest BCUT2D eigenvalue weighted by molar-refractivity contribution is 5.86.